The zero-order valence-electron chi connectivity index (χ0n) is 18.1. The number of carbonyl (C=O) groups excluding carboxylic acids is 2. The van der Waals surface area contributed by atoms with Gasteiger partial charge in [-0.3, -0.25) is 14.2 Å². The lowest BCUT2D eigenvalue weighted by molar-refractivity contribution is -0.000698. The van der Waals surface area contributed by atoms with Crippen LogP contribution < -0.4 is 0 Å². The molecule has 0 saturated carbocycles. The molecule has 2 amide bonds. The van der Waals surface area contributed by atoms with Gasteiger partial charge in [-0.25, -0.2) is 9.78 Å². The molecular weight excluding hydrogens is 394 g/mol. The van der Waals surface area contributed by atoms with Gasteiger partial charge in [0.1, 0.15) is 11.3 Å². The van der Waals surface area contributed by atoms with Gasteiger partial charge in [0.2, 0.25) is 0 Å². The number of hydrogen-bond acceptors (Lipinski definition) is 5. The highest BCUT2D eigenvalue weighted by Gasteiger charge is 2.35. The Hall–Kier alpha value is -3.42. The molecule has 4 rings (SSSR count). The van der Waals surface area contributed by atoms with Crippen LogP contribution in [0.2, 0.25) is 0 Å². The fourth-order valence-electron chi connectivity index (χ4n) is 3.82. The Morgan fingerprint density at radius 1 is 1.13 bits per heavy atom. The van der Waals surface area contributed by atoms with Gasteiger partial charge in [0.25, 0.3) is 5.91 Å². The Morgan fingerprint density at radius 2 is 1.90 bits per heavy atom. The number of ether oxygens (including phenoxy) is 1. The number of piperazine rings is 1. The standard InChI is InChI=1S/C23H27N5O3/c1-23(2,3)31-22(30)27-12-11-26(16-18(27)13-17-7-5-4-6-8-17)21(29)19-14-25-20-15-24-9-10-28(19)20/h4-10,14-15,18H,11-13,16H2,1-3H3. The van der Waals surface area contributed by atoms with E-state index >= 15 is 0 Å². The second kappa shape index (κ2) is 8.37. The van der Waals surface area contributed by atoms with Crippen LogP contribution in [0.1, 0.15) is 36.8 Å². The zero-order valence-corrected chi connectivity index (χ0v) is 18.1. The molecule has 1 fully saturated rings. The van der Waals surface area contributed by atoms with E-state index in [4.69, 9.17) is 4.74 Å². The molecule has 162 valence electrons. The molecule has 0 bridgehead atoms. The highest BCUT2D eigenvalue weighted by Crippen LogP contribution is 2.21. The van der Waals surface area contributed by atoms with Crippen molar-refractivity contribution < 1.29 is 14.3 Å². The summed E-state index contributed by atoms with van der Waals surface area (Å²) < 4.78 is 7.37. The maximum absolute atomic E-state index is 13.3. The molecule has 8 nitrogen and oxygen atoms in total. The molecule has 1 unspecified atom stereocenters. The smallest absolute Gasteiger partial charge is 0.410 e. The lowest BCUT2D eigenvalue weighted by Crippen LogP contribution is -2.58. The van der Waals surface area contributed by atoms with Gasteiger partial charge in [-0.1, -0.05) is 30.3 Å². The summed E-state index contributed by atoms with van der Waals surface area (Å²) in [5, 5.41) is 0. The van der Waals surface area contributed by atoms with Gasteiger partial charge < -0.3 is 14.5 Å². The van der Waals surface area contributed by atoms with Crippen molar-refractivity contribution in [2.75, 3.05) is 19.6 Å². The third kappa shape index (κ3) is 4.68. The van der Waals surface area contributed by atoms with Crippen LogP contribution in [-0.4, -0.2) is 67.4 Å². The van der Waals surface area contributed by atoms with E-state index in [2.05, 4.69) is 9.97 Å². The van der Waals surface area contributed by atoms with Gasteiger partial charge in [0.05, 0.1) is 18.4 Å². The maximum atomic E-state index is 13.3. The average Bonchev–Trinajstić information content (AvgIpc) is 3.17. The van der Waals surface area contributed by atoms with Crippen molar-refractivity contribution in [1.29, 1.82) is 0 Å². The minimum atomic E-state index is -0.577. The summed E-state index contributed by atoms with van der Waals surface area (Å²) in [6.07, 6.45) is 6.85. The Morgan fingerprint density at radius 3 is 2.65 bits per heavy atom. The number of rotatable bonds is 3. The molecule has 0 aliphatic carbocycles. The van der Waals surface area contributed by atoms with Gasteiger partial charge in [0.15, 0.2) is 5.65 Å². The molecular formula is C23H27N5O3. The van der Waals surface area contributed by atoms with E-state index in [1.54, 1.807) is 39.0 Å². The molecule has 1 aromatic carbocycles. The number of nitrogens with zero attached hydrogens (tertiary/aromatic N) is 5. The van der Waals surface area contributed by atoms with Crippen molar-refractivity contribution in [1.82, 2.24) is 24.2 Å². The number of fused-ring (bicyclic) bond motifs is 1. The number of imidazole rings is 1. The van der Waals surface area contributed by atoms with Crippen molar-refractivity contribution in [3.63, 3.8) is 0 Å². The molecule has 2 aromatic heterocycles. The quantitative estimate of drug-likeness (QED) is 0.649. The second-order valence-electron chi connectivity index (χ2n) is 8.72. The molecule has 1 aliphatic rings. The first-order chi connectivity index (χ1) is 14.8. The van der Waals surface area contributed by atoms with Crippen LogP contribution in [0.3, 0.4) is 0 Å². The summed E-state index contributed by atoms with van der Waals surface area (Å²) in [5.41, 5.74) is 1.64. The predicted molar refractivity (Wildman–Crippen MR) is 116 cm³/mol. The summed E-state index contributed by atoms with van der Waals surface area (Å²) in [6.45, 7) is 6.84. The van der Waals surface area contributed by atoms with Gasteiger partial charge >= 0.3 is 6.09 Å². The molecule has 1 atom stereocenters. The van der Waals surface area contributed by atoms with E-state index in [1.807, 2.05) is 51.1 Å². The number of amides is 2. The minimum Gasteiger partial charge on any atom is -0.444 e. The molecule has 0 N–H and O–H groups in total. The van der Waals surface area contributed by atoms with Gasteiger partial charge in [0, 0.05) is 32.0 Å². The van der Waals surface area contributed by atoms with Crippen LogP contribution in [0.15, 0.2) is 55.1 Å². The lowest BCUT2D eigenvalue weighted by Gasteiger charge is -2.41. The fourth-order valence-corrected chi connectivity index (χ4v) is 3.82. The number of benzene rings is 1. The molecule has 31 heavy (non-hydrogen) atoms. The van der Waals surface area contributed by atoms with Crippen molar-refractivity contribution in [3.8, 4) is 0 Å². The molecule has 1 saturated heterocycles. The monoisotopic (exact) mass is 421 g/mol. The molecule has 3 aromatic rings. The van der Waals surface area contributed by atoms with Crippen molar-refractivity contribution in [2.24, 2.45) is 0 Å². The fraction of sp³-hybridized carbons (Fsp3) is 0.391. The SMILES string of the molecule is CC(C)(C)OC(=O)N1CCN(C(=O)c2cnc3cnccn23)CC1Cc1ccccc1. The van der Waals surface area contributed by atoms with E-state index in [9.17, 15) is 9.59 Å². The molecule has 0 spiro atoms. The number of aromatic nitrogens is 3. The Bertz CT molecular complexity index is 1070. The number of carbonyl (C=O) groups is 2. The van der Waals surface area contributed by atoms with E-state index in [-0.39, 0.29) is 18.0 Å². The Labute approximate surface area is 181 Å². The highest BCUT2D eigenvalue weighted by molar-refractivity contribution is 5.93. The van der Waals surface area contributed by atoms with Crippen LogP contribution in [0.4, 0.5) is 4.79 Å². The minimum absolute atomic E-state index is 0.111. The summed E-state index contributed by atoms with van der Waals surface area (Å²) in [4.78, 5) is 38.0. The van der Waals surface area contributed by atoms with E-state index in [1.165, 1.54) is 0 Å². The van der Waals surface area contributed by atoms with Crippen molar-refractivity contribution in [3.05, 3.63) is 66.4 Å². The van der Waals surface area contributed by atoms with Gasteiger partial charge in [-0.15, -0.1) is 0 Å². The Kier molecular flexibility index (Phi) is 5.63. The third-order valence-corrected chi connectivity index (χ3v) is 5.25. The second-order valence-corrected chi connectivity index (χ2v) is 8.72. The van der Waals surface area contributed by atoms with Crippen molar-refractivity contribution >= 4 is 17.6 Å². The maximum Gasteiger partial charge on any atom is 0.410 e. The van der Waals surface area contributed by atoms with Crippen LogP contribution >= 0.6 is 0 Å². The van der Waals surface area contributed by atoms with E-state index < -0.39 is 5.60 Å². The van der Waals surface area contributed by atoms with E-state index in [0.717, 1.165) is 5.56 Å². The predicted octanol–water partition coefficient (Wildman–Crippen LogP) is 3.03. The largest absolute Gasteiger partial charge is 0.444 e. The average molecular weight is 422 g/mol. The van der Waals surface area contributed by atoms with Crippen LogP contribution in [0.5, 0.6) is 0 Å². The molecule has 8 heteroatoms. The highest BCUT2D eigenvalue weighted by atomic mass is 16.6. The lowest BCUT2D eigenvalue weighted by atomic mass is 10.0. The summed E-state index contributed by atoms with van der Waals surface area (Å²) >= 11 is 0. The Balaban J connectivity index is 1.57. The zero-order chi connectivity index (χ0) is 22.0. The summed E-state index contributed by atoms with van der Waals surface area (Å²) in [5.74, 6) is -0.111. The normalized spacial score (nSPS) is 17.1. The van der Waals surface area contributed by atoms with Gasteiger partial charge in [-0.05, 0) is 32.8 Å². The third-order valence-electron chi connectivity index (χ3n) is 5.25. The van der Waals surface area contributed by atoms with Crippen LogP contribution in [-0.2, 0) is 11.2 Å². The summed E-state index contributed by atoms with van der Waals surface area (Å²) in [6, 6.07) is 9.80. The van der Waals surface area contributed by atoms with Gasteiger partial charge in [-0.2, -0.15) is 0 Å². The first-order valence-corrected chi connectivity index (χ1v) is 10.4. The van der Waals surface area contributed by atoms with Crippen molar-refractivity contribution in [2.45, 2.75) is 38.8 Å². The van der Waals surface area contributed by atoms with Crippen LogP contribution in [0.25, 0.3) is 5.65 Å². The molecule has 1 aliphatic heterocycles. The summed E-state index contributed by atoms with van der Waals surface area (Å²) in [7, 11) is 0. The first kappa shape index (κ1) is 20.8. The van der Waals surface area contributed by atoms with E-state index in [0.29, 0.717) is 37.4 Å². The topological polar surface area (TPSA) is 80.0 Å². The van der Waals surface area contributed by atoms with Crippen LogP contribution in [0, 0.1) is 0 Å². The first-order valence-electron chi connectivity index (χ1n) is 10.4. The molecule has 3 heterocycles. The number of hydrogen-bond donors (Lipinski definition) is 0. The molecule has 0 radical (unpaired) electrons.